The SMILES string of the molecule is O=C1[C@H]2[C@H](CC=C3[C@H]2C[C@H]2C(=O)N(c4cccc(Cl)c4)C(=O)[C@@]2(c2ccccc2)[C@H]3c2cc(Br)ccc2O)C(=O)N1c1cccc([N+](=O)[O-])c1. The number of anilines is 2. The van der Waals surface area contributed by atoms with E-state index in [1.165, 1.54) is 30.3 Å². The van der Waals surface area contributed by atoms with Crippen molar-refractivity contribution in [1.82, 2.24) is 0 Å². The van der Waals surface area contributed by atoms with E-state index in [2.05, 4.69) is 15.9 Å². The molecule has 0 bridgehead atoms. The van der Waals surface area contributed by atoms with Crippen molar-refractivity contribution in [3.8, 4) is 5.75 Å². The molecule has 0 unspecified atom stereocenters. The van der Waals surface area contributed by atoms with Gasteiger partial charge in [0.25, 0.3) is 5.69 Å². The molecule has 8 rings (SSSR count). The molecule has 250 valence electrons. The van der Waals surface area contributed by atoms with Crippen LogP contribution < -0.4 is 9.80 Å². The number of imide groups is 2. The molecule has 1 saturated carbocycles. The van der Waals surface area contributed by atoms with Crippen molar-refractivity contribution in [3.05, 3.63) is 139 Å². The van der Waals surface area contributed by atoms with E-state index in [1.807, 2.05) is 24.3 Å². The van der Waals surface area contributed by atoms with Crippen molar-refractivity contribution in [2.75, 3.05) is 9.80 Å². The van der Waals surface area contributed by atoms with Gasteiger partial charge in [-0.05, 0) is 66.8 Å². The smallest absolute Gasteiger partial charge is 0.271 e. The summed E-state index contributed by atoms with van der Waals surface area (Å²) in [5, 5.41) is 23.4. The van der Waals surface area contributed by atoms with E-state index in [-0.39, 0.29) is 30.0 Å². The molecule has 6 atom stereocenters. The summed E-state index contributed by atoms with van der Waals surface area (Å²) in [6, 6.07) is 25.9. The molecule has 0 radical (unpaired) electrons. The van der Waals surface area contributed by atoms with E-state index < -0.39 is 63.6 Å². The van der Waals surface area contributed by atoms with Crippen molar-refractivity contribution in [3.63, 3.8) is 0 Å². The summed E-state index contributed by atoms with van der Waals surface area (Å²) in [6.07, 6.45) is 2.11. The Morgan fingerprint density at radius 1 is 0.820 bits per heavy atom. The Bertz CT molecular complexity index is 2190. The molecule has 2 aliphatic heterocycles. The van der Waals surface area contributed by atoms with Crippen LogP contribution in [0.5, 0.6) is 5.75 Å². The number of non-ortho nitro benzene ring substituents is 1. The number of carbonyl (C=O) groups is 4. The predicted octanol–water partition coefficient (Wildman–Crippen LogP) is 7.08. The maximum atomic E-state index is 15.3. The van der Waals surface area contributed by atoms with Crippen LogP contribution in [0.1, 0.15) is 29.9 Å². The molecular formula is C38H27BrClN3O7. The van der Waals surface area contributed by atoms with Gasteiger partial charge in [-0.2, -0.15) is 0 Å². The first kappa shape index (κ1) is 32.1. The number of nitro groups is 1. The second kappa shape index (κ2) is 11.7. The van der Waals surface area contributed by atoms with Gasteiger partial charge < -0.3 is 5.11 Å². The van der Waals surface area contributed by atoms with Crippen LogP contribution in [0.3, 0.4) is 0 Å². The zero-order chi connectivity index (χ0) is 35.1. The molecular weight excluding hydrogens is 726 g/mol. The highest BCUT2D eigenvalue weighted by atomic mass is 79.9. The molecule has 1 N–H and O–H groups in total. The molecule has 2 heterocycles. The quantitative estimate of drug-likeness (QED) is 0.0995. The molecule has 4 amide bonds. The van der Waals surface area contributed by atoms with Gasteiger partial charge in [0.1, 0.15) is 5.75 Å². The first-order valence-electron chi connectivity index (χ1n) is 16.0. The second-order valence-corrected chi connectivity index (χ2v) is 14.4. The van der Waals surface area contributed by atoms with E-state index in [0.717, 1.165) is 9.80 Å². The number of nitro benzene ring substituents is 1. The predicted molar refractivity (Wildman–Crippen MR) is 187 cm³/mol. The van der Waals surface area contributed by atoms with Crippen molar-refractivity contribution in [2.24, 2.45) is 23.7 Å². The van der Waals surface area contributed by atoms with Gasteiger partial charge in [-0.25, -0.2) is 9.80 Å². The Balaban J connectivity index is 1.35. The monoisotopic (exact) mass is 751 g/mol. The minimum absolute atomic E-state index is 0.0661. The topological polar surface area (TPSA) is 138 Å². The number of aromatic hydroxyl groups is 1. The number of hydrogen-bond acceptors (Lipinski definition) is 7. The second-order valence-electron chi connectivity index (χ2n) is 13.1. The lowest BCUT2D eigenvalue weighted by atomic mass is 9.49. The van der Waals surface area contributed by atoms with E-state index in [9.17, 15) is 29.6 Å². The van der Waals surface area contributed by atoms with Crippen LogP contribution >= 0.6 is 27.5 Å². The Kier molecular flexibility index (Phi) is 7.54. The zero-order valence-corrected chi connectivity index (χ0v) is 28.5. The fraction of sp³-hybridized carbons (Fsp3) is 0.211. The maximum absolute atomic E-state index is 15.3. The number of benzene rings is 4. The van der Waals surface area contributed by atoms with E-state index in [0.29, 0.717) is 31.9 Å². The average molecular weight is 753 g/mol. The molecule has 4 aromatic carbocycles. The highest BCUT2D eigenvalue weighted by Crippen LogP contribution is 2.65. The third-order valence-electron chi connectivity index (χ3n) is 10.8. The van der Waals surface area contributed by atoms with Crippen LogP contribution in [-0.2, 0) is 24.6 Å². The lowest BCUT2D eigenvalue weighted by Crippen LogP contribution is -2.53. The van der Waals surface area contributed by atoms with Gasteiger partial charge in [-0.3, -0.25) is 29.3 Å². The standard InChI is InChI=1S/C38H27BrClN3O7/c39-21-12-15-31(44)29(16-21)33-26-13-14-27-32(36(47)41(34(27)45)24-10-5-11-25(18-24)43(49)50)28(26)19-30-35(46)42(23-9-4-8-22(40)17-23)37(48)38(30,33)20-6-2-1-3-7-20/h1-13,15-18,27-28,30,32-33,44H,14,19H2/t27-,28+,30-,32-,33+,38+/m0/s1. The van der Waals surface area contributed by atoms with Gasteiger partial charge in [0, 0.05) is 33.1 Å². The van der Waals surface area contributed by atoms with Crippen molar-refractivity contribution >= 4 is 68.2 Å². The van der Waals surface area contributed by atoms with Crippen LogP contribution in [-0.4, -0.2) is 33.7 Å². The van der Waals surface area contributed by atoms with Crippen LogP contribution in [0.15, 0.2) is 113 Å². The maximum Gasteiger partial charge on any atom is 0.271 e. The summed E-state index contributed by atoms with van der Waals surface area (Å²) in [5.41, 5.74) is 0.238. The molecule has 4 aromatic rings. The molecule has 2 saturated heterocycles. The highest BCUT2D eigenvalue weighted by molar-refractivity contribution is 9.10. The fourth-order valence-electron chi connectivity index (χ4n) is 8.85. The number of allylic oxidation sites excluding steroid dienone is 2. The van der Waals surface area contributed by atoms with Gasteiger partial charge in [0.15, 0.2) is 0 Å². The Hall–Kier alpha value is -5.13. The van der Waals surface area contributed by atoms with E-state index in [1.54, 1.807) is 48.5 Å². The van der Waals surface area contributed by atoms with Crippen LogP contribution in [0.4, 0.5) is 17.1 Å². The van der Waals surface area contributed by atoms with Crippen molar-refractivity contribution in [1.29, 1.82) is 0 Å². The third kappa shape index (κ3) is 4.53. The van der Waals surface area contributed by atoms with E-state index >= 15 is 4.79 Å². The molecule has 2 aliphatic carbocycles. The van der Waals surface area contributed by atoms with Crippen molar-refractivity contribution < 1.29 is 29.2 Å². The minimum atomic E-state index is -1.54. The normalized spacial score (nSPS) is 27.2. The Labute approximate surface area is 299 Å². The Morgan fingerprint density at radius 3 is 2.26 bits per heavy atom. The number of carbonyl (C=O) groups excluding carboxylic acids is 4. The molecule has 12 heteroatoms. The van der Waals surface area contributed by atoms with Gasteiger partial charge in [0.2, 0.25) is 23.6 Å². The summed E-state index contributed by atoms with van der Waals surface area (Å²) in [5.74, 6) is -6.34. The van der Waals surface area contributed by atoms with Crippen LogP contribution in [0, 0.1) is 33.8 Å². The summed E-state index contributed by atoms with van der Waals surface area (Å²) in [7, 11) is 0. The summed E-state index contributed by atoms with van der Waals surface area (Å²) in [4.78, 5) is 71.6. The molecule has 50 heavy (non-hydrogen) atoms. The van der Waals surface area contributed by atoms with Gasteiger partial charge in [0.05, 0.1) is 39.5 Å². The fourth-order valence-corrected chi connectivity index (χ4v) is 9.41. The third-order valence-corrected chi connectivity index (χ3v) is 11.5. The molecule has 10 nitrogen and oxygen atoms in total. The number of halogens is 2. The lowest BCUT2D eigenvalue weighted by Gasteiger charge is -2.50. The molecule has 0 spiro atoms. The number of fused-ring (bicyclic) bond motifs is 4. The van der Waals surface area contributed by atoms with Gasteiger partial charge in [-0.15, -0.1) is 0 Å². The number of hydrogen-bond donors (Lipinski definition) is 1. The first-order chi connectivity index (χ1) is 24.0. The van der Waals surface area contributed by atoms with Crippen LogP contribution in [0.25, 0.3) is 0 Å². The summed E-state index contributed by atoms with van der Waals surface area (Å²) >= 11 is 9.89. The van der Waals surface area contributed by atoms with Gasteiger partial charge in [-0.1, -0.05) is 81.6 Å². The zero-order valence-electron chi connectivity index (χ0n) is 26.1. The highest BCUT2D eigenvalue weighted by Gasteiger charge is 2.70. The molecule has 3 fully saturated rings. The first-order valence-corrected chi connectivity index (χ1v) is 17.2. The number of rotatable bonds is 5. The molecule has 4 aliphatic rings. The number of phenols is 1. The van der Waals surface area contributed by atoms with Gasteiger partial charge >= 0.3 is 0 Å². The largest absolute Gasteiger partial charge is 0.508 e. The average Bonchev–Trinajstić information content (AvgIpc) is 3.50. The lowest BCUT2D eigenvalue weighted by molar-refractivity contribution is -0.384. The summed E-state index contributed by atoms with van der Waals surface area (Å²) in [6.45, 7) is 0. The van der Waals surface area contributed by atoms with E-state index in [4.69, 9.17) is 11.6 Å². The number of amides is 4. The van der Waals surface area contributed by atoms with Crippen molar-refractivity contribution in [2.45, 2.75) is 24.2 Å². The Morgan fingerprint density at radius 2 is 1.54 bits per heavy atom. The minimum Gasteiger partial charge on any atom is -0.508 e. The van der Waals surface area contributed by atoms with Crippen LogP contribution in [0.2, 0.25) is 5.02 Å². The summed E-state index contributed by atoms with van der Waals surface area (Å²) < 4.78 is 0.633. The number of phenolic OH excluding ortho intramolecular Hbond substituents is 1. The molecule has 0 aromatic heterocycles. The number of nitrogens with zero attached hydrogens (tertiary/aromatic N) is 3.